The highest BCUT2D eigenvalue weighted by Gasteiger charge is 2.16. The molecule has 0 spiro atoms. The molecule has 1 aliphatic heterocycles. The molecule has 0 radical (unpaired) electrons. The summed E-state index contributed by atoms with van der Waals surface area (Å²) in [5.41, 5.74) is 9.18. The summed E-state index contributed by atoms with van der Waals surface area (Å²) < 4.78 is 25.3. The molecule has 2 N–H and O–H groups in total. The van der Waals surface area contributed by atoms with Crippen molar-refractivity contribution in [1.29, 1.82) is 0 Å². The Balaban J connectivity index is 1.43. The second-order valence-corrected chi connectivity index (χ2v) is 7.44. The first-order chi connectivity index (χ1) is 14.6. The van der Waals surface area contributed by atoms with Crippen molar-refractivity contribution in [3.8, 4) is 11.1 Å². The second-order valence-electron chi connectivity index (χ2n) is 7.44. The van der Waals surface area contributed by atoms with Crippen LogP contribution in [-0.2, 0) is 11.2 Å². The van der Waals surface area contributed by atoms with Crippen molar-refractivity contribution in [1.82, 2.24) is 10.1 Å². The van der Waals surface area contributed by atoms with Crippen LogP contribution in [0.3, 0.4) is 0 Å². The Kier molecular flexibility index (Phi) is 6.09. The Hall–Kier alpha value is -3.19. The van der Waals surface area contributed by atoms with Crippen molar-refractivity contribution < 1.29 is 13.7 Å². The highest BCUT2D eigenvalue weighted by Crippen LogP contribution is 2.28. The summed E-state index contributed by atoms with van der Waals surface area (Å²) in [6.45, 7) is 4.72. The molecule has 7 heteroatoms. The van der Waals surface area contributed by atoms with Gasteiger partial charge in [-0.3, -0.25) is 0 Å². The maximum Gasteiger partial charge on any atom is 0.253 e. The number of hydrogen-bond donors (Lipinski definition) is 1. The number of rotatable bonds is 5. The van der Waals surface area contributed by atoms with Crippen LogP contribution in [0.1, 0.15) is 24.1 Å². The van der Waals surface area contributed by atoms with E-state index in [9.17, 15) is 4.39 Å². The van der Waals surface area contributed by atoms with Gasteiger partial charge in [-0.25, -0.2) is 4.39 Å². The van der Waals surface area contributed by atoms with Crippen LogP contribution in [0.5, 0.6) is 0 Å². The number of aromatic nitrogens is 1. The number of hydrogen-bond acceptors (Lipinski definition) is 4. The fraction of sp³-hybridized carbons (Fsp3) is 0.304. The van der Waals surface area contributed by atoms with Gasteiger partial charge in [0.15, 0.2) is 5.96 Å². The number of nitrogens with two attached hydrogens (primary N) is 1. The van der Waals surface area contributed by atoms with Crippen molar-refractivity contribution >= 4 is 11.8 Å². The Morgan fingerprint density at radius 1 is 1.17 bits per heavy atom. The molecule has 2 heterocycles. The fourth-order valence-corrected chi connectivity index (χ4v) is 3.55. The van der Waals surface area contributed by atoms with Crippen molar-refractivity contribution in [2.24, 2.45) is 10.7 Å². The van der Waals surface area contributed by atoms with Crippen LogP contribution in [0, 0.1) is 5.82 Å². The molecule has 4 rings (SSSR count). The van der Waals surface area contributed by atoms with E-state index in [-0.39, 0.29) is 11.7 Å². The second kappa shape index (κ2) is 9.09. The van der Waals surface area contributed by atoms with Gasteiger partial charge in [0.25, 0.3) is 5.88 Å². The van der Waals surface area contributed by atoms with Crippen LogP contribution in [0.25, 0.3) is 11.1 Å². The predicted octanol–water partition coefficient (Wildman–Crippen LogP) is 4.11. The van der Waals surface area contributed by atoms with E-state index in [1.54, 1.807) is 12.1 Å². The molecule has 30 heavy (non-hydrogen) atoms. The van der Waals surface area contributed by atoms with E-state index in [0.29, 0.717) is 50.1 Å². The van der Waals surface area contributed by atoms with Crippen LogP contribution >= 0.6 is 0 Å². The Morgan fingerprint density at radius 2 is 1.93 bits per heavy atom. The molecule has 0 aliphatic carbocycles. The molecular formula is C23H25FN4O2. The largest absolute Gasteiger partial charge is 0.378 e. The van der Waals surface area contributed by atoms with Crippen LogP contribution in [0.2, 0.25) is 0 Å². The molecule has 0 saturated carbocycles. The van der Waals surface area contributed by atoms with E-state index in [0.717, 1.165) is 16.8 Å². The number of ether oxygens (including phenoxy) is 1. The van der Waals surface area contributed by atoms with Gasteiger partial charge in [0, 0.05) is 24.7 Å². The fourth-order valence-electron chi connectivity index (χ4n) is 3.55. The number of guanidine groups is 1. The lowest BCUT2D eigenvalue weighted by atomic mass is 9.94. The Bertz CT molecular complexity index is 1010. The van der Waals surface area contributed by atoms with Crippen molar-refractivity contribution in [3.63, 3.8) is 0 Å². The monoisotopic (exact) mass is 408 g/mol. The third kappa shape index (κ3) is 4.68. The highest BCUT2D eigenvalue weighted by atomic mass is 19.1. The van der Waals surface area contributed by atoms with Crippen LogP contribution < -0.4 is 5.73 Å². The van der Waals surface area contributed by atoms with Crippen LogP contribution in [0.15, 0.2) is 64.1 Å². The van der Waals surface area contributed by atoms with Crippen LogP contribution in [0.4, 0.5) is 10.3 Å². The van der Waals surface area contributed by atoms with Crippen molar-refractivity contribution in [2.75, 3.05) is 26.3 Å². The summed E-state index contributed by atoms with van der Waals surface area (Å²) in [4.78, 5) is 6.27. The molecule has 0 bridgehead atoms. The quantitative estimate of drug-likeness (QED) is 0.508. The van der Waals surface area contributed by atoms with E-state index in [4.69, 9.17) is 15.0 Å². The van der Waals surface area contributed by atoms with Gasteiger partial charge >= 0.3 is 0 Å². The van der Waals surface area contributed by atoms with E-state index in [2.05, 4.69) is 10.1 Å². The number of nitrogens with zero attached hydrogens (tertiary/aromatic N) is 3. The standard InChI is InChI=1S/C23H25FN4O2/c1-16(18-7-8-20(21(24)14-18)17-5-3-2-4-6-17)13-19-15-22(30-27-19)26-23(25)28-9-11-29-12-10-28/h2-8,14-16H,9-13H2,1H3,(H2,25,26). The third-order valence-electron chi connectivity index (χ3n) is 5.27. The van der Waals surface area contributed by atoms with Crippen molar-refractivity contribution in [2.45, 2.75) is 19.3 Å². The number of benzene rings is 2. The maximum atomic E-state index is 14.7. The van der Waals surface area contributed by atoms with Gasteiger partial charge in [0.05, 0.1) is 18.9 Å². The molecule has 1 aromatic heterocycles. The summed E-state index contributed by atoms with van der Waals surface area (Å²) in [6.07, 6.45) is 0.612. The normalized spacial score (nSPS) is 15.9. The minimum absolute atomic E-state index is 0.0721. The Labute approximate surface area is 175 Å². The summed E-state index contributed by atoms with van der Waals surface area (Å²) in [5.74, 6) is 0.608. The minimum Gasteiger partial charge on any atom is -0.378 e. The first kappa shape index (κ1) is 20.1. The molecule has 6 nitrogen and oxygen atoms in total. The third-order valence-corrected chi connectivity index (χ3v) is 5.27. The number of aliphatic imine (C=N–C) groups is 1. The average Bonchev–Trinajstić information content (AvgIpc) is 3.21. The van der Waals surface area contributed by atoms with Crippen molar-refractivity contribution in [3.05, 3.63) is 71.7 Å². The summed E-state index contributed by atoms with van der Waals surface area (Å²) >= 11 is 0. The molecule has 1 aliphatic rings. The smallest absolute Gasteiger partial charge is 0.253 e. The SMILES string of the molecule is CC(Cc1cc(N=C(N)N2CCOCC2)on1)c1ccc(-c2ccccc2)c(F)c1. The molecule has 0 amide bonds. The lowest BCUT2D eigenvalue weighted by molar-refractivity contribution is 0.0675. The molecule has 1 atom stereocenters. The van der Waals surface area contributed by atoms with Gasteiger partial charge in [-0.1, -0.05) is 54.5 Å². The zero-order valence-electron chi connectivity index (χ0n) is 16.9. The highest BCUT2D eigenvalue weighted by molar-refractivity contribution is 5.80. The van der Waals surface area contributed by atoms with Gasteiger partial charge in [-0.2, -0.15) is 4.99 Å². The zero-order chi connectivity index (χ0) is 20.9. The van der Waals surface area contributed by atoms with E-state index < -0.39 is 0 Å². The Morgan fingerprint density at radius 3 is 2.67 bits per heavy atom. The summed E-state index contributed by atoms with van der Waals surface area (Å²) in [7, 11) is 0. The zero-order valence-corrected chi connectivity index (χ0v) is 16.9. The molecule has 2 aromatic carbocycles. The molecule has 1 fully saturated rings. The van der Waals surface area contributed by atoms with E-state index >= 15 is 0 Å². The summed E-state index contributed by atoms with van der Waals surface area (Å²) in [6, 6.07) is 16.7. The summed E-state index contributed by atoms with van der Waals surface area (Å²) in [5, 5.41) is 4.09. The van der Waals surface area contributed by atoms with Gasteiger partial charge in [0.2, 0.25) is 0 Å². The molecular weight excluding hydrogens is 383 g/mol. The van der Waals surface area contributed by atoms with E-state index in [1.807, 2.05) is 54.3 Å². The van der Waals surface area contributed by atoms with Gasteiger partial charge in [0.1, 0.15) is 5.82 Å². The lowest BCUT2D eigenvalue weighted by Crippen LogP contribution is -2.44. The van der Waals surface area contributed by atoms with Gasteiger partial charge in [-0.05, 0) is 29.5 Å². The lowest BCUT2D eigenvalue weighted by Gasteiger charge is -2.27. The first-order valence-electron chi connectivity index (χ1n) is 10.1. The topological polar surface area (TPSA) is 76.9 Å². The minimum atomic E-state index is -0.228. The van der Waals surface area contributed by atoms with Crippen LogP contribution in [-0.4, -0.2) is 42.3 Å². The molecule has 1 unspecified atom stereocenters. The van der Waals surface area contributed by atoms with E-state index in [1.165, 1.54) is 0 Å². The first-order valence-corrected chi connectivity index (χ1v) is 10.1. The predicted molar refractivity (Wildman–Crippen MR) is 114 cm³/mol. The molecule has 3 aromatic rings. The van der Waals surface area contributed by atoms with Gasteiger partial charge in [-0.15, -0.1) is 0 Å². The van der Waals surface area contributed by atoms with Gasteiger partial charge < -0.3 is 19.9 Å². The maximum absolute atomic E-state index is 14.7. The molecule has 1 saturated heterocycles. The molecule has 156 valence electrons. The number of morpholine rings is 1. The average molecular weight is 408 g/mol. The number of halogens is 1.